The number of carbonyl (C=O) groups is 1. The number of benzene rings is 1. The highest BCUT2D eigenvalue weighted by molar-refractivity contribution is 5.99. The third kappa shape index (κ3) is 4.55. The fraction of sp³-hybridized carbons (Fsp3) is 0.0500. The lowest BCUT2D eigenvalue weighted by atomic mass is 10.2. The zero-order valence-corrected chi connectivity index (χ0v) is 15.9. The molecule has 0 spiro atoms. The second kappa shape index (κ2) is 8.35. The first-order valence-electron chi connectivity index (χ1n) is 8.93. The van der Waals surface area contributed by atoms with Gasteiger partial charge in [0.1, 0.15) is 5.69 Å². The molecule has 30 heavy (non-hydrogen) atoms. The van der Waals surface area contributed by atoms with Crippen LogP contribution in [0, 0.1) is 5.82 Å². The quantitative estimate of drug-likeness (QED) is 0.467. The van der Waals surface area contributed by atoms with Crippen molar-refractivity contribution in [3.05, 3.63) is 73.2 Å². The Labute approximate surface area is 171 Å². The van der Waals surface area contributed by atoms with Crippen molar-refractivity contribution in [2.24, 2.45) is 7.05 Å². The number of aromatic nitrogens is 5. The van der Waals surface area contributed by atoms with E-state index in [2.05, 4.69) is 36.0 Å². The summed E-state index contributed by atoms with van der Waals surface area (Å²) in [6, 6.07) is 10.0. The Morgan fingerprint density at radius 3 is 2.47 bits per heavy atom. The molecule has 2 amide bonds. The number of amides is 2. The van der Waals surface area contributed by atoms with Crippen LogP contribution in [0.25, 0.3) is 11.3 Å². The lowest BCUT2D eigenvalue weighted by Gasteiger charge is -2.09. The summed E-state index contributed by atoms with van der Waals surface area (Å²) in [6.07, 6.45) is 7.49. The maximum Gasteiger partial charge on any atom is 0.323 e. The first-order valence-corrected chi connectivity index (χ1v) is 8.93. The van der Waals surface area contributed by atoms with E-state index >= 15 is 0 Å². The third-order valence-corrected chi connectivity index (χ3v) is 4.04. The van der Waals surface area contributed by atoms with Gasteiger partial charge in [-0.05, 0) is 36.4 Å². The maximum absolute atomic E-state index is 14.1. The summed E-state index contributed by atoms with van der Waals surface area (Å²) in [4.78, 5) is 24.2. The molecule has 150 valence electrons. The van der Waals surface area contributed by atoms with Gasteiger partial charge in [-0.25, -0.2) is 19.2 Å². The number of anilines is 4. The number of hydrogen-bond donors (Lipinski definition) is 3. The number of urea groups is 1. The largest absolute Gasteiger partial charge is 0.324 e. The normalized spacial score (nSPS) is 10.5. The fourth-order valence-electron chi connectivity index (χ4n) is 2.67. The number of halogens is 1. The van der Waals surface area contributed by atoms with Gasteiger partial charge < -0.3 is 16.0 Å². The van der Waals surface area contributed by atoms with Gasteiger partial charge in [-0.1, -0.05) is 0 Å². The molecule has 1 aromatic carbocycles. The van der Waals surface area contributed by atoms with E-state index in [4.69, 9.17) is 0 Å². The van der Waals surface area contributed by atoms with Crippen molar-refractivity contribution < 1.29 is 9.18 Å². The van der Waals surface area contributed by atoms with Gasteiger partial charge >= 0.3 is 6.03 Å². The van der Waals surface area contributed by atoms with Crippen molar-refractivity contribution in [2.75, 3.05) is 16.0 Å². The predicted molar refractivity (Wildman–Crippen MR) is 111 cm³/mol. The van der Waals surface area contributed by atoms with Crippen LogP contribution in [-0.2, 0) is 7.05 Å². The zero-order chi connectivity index (χ0) is 20.9. The zero-order valence-electron chi connectivity index (χ0n) is 15.9. The van der Waals surface area contributed by atoms with Gasteiger partial charge in [0.15, 0.2) is 5.82 Å². The average molecular weight is 404 g/mol. The van der Waals surface area contributed by atoms with E-state index in [0.29, 0.717) is 22.6 Å². The summed E-state index contributed by atoms with van der Waals surface area (Å²) >= 11 is 0. The Balaban J connectivity index is 1.42. The highest BCUT2D eigenvalue weighted by atomic mass is 19.1. The molecule has 9 nitrogen and oxygen atoms in total. The molecule has 0 fully saturated rings. The number of hydrogen-bond acceptors (Lipinski definition) is 6. The molecule has 3 aromatic heterocycles. The van der Waals surface area contributed by atoms with Crippen LogP contribution in [0.3, 0.4) is 0 Å². The Kier molecular flexibility index (Phi) is 5.29. The molecule has 0 aliphatic heterocycles. The van der Waals surface area contributed by atoms with Gasteiger partial charge in [-0.2, -0.15) is 5.10 Å². The molecule has 0 saturated heterocycles. The van der Waals surface area contributed by atoms with E-state index in [1.54, 1.807) is 66.7 Å². The Morgan fingerprint density at radius 2 is 1.77 bits per heavy atom. The van der Waals surface area contributed by atoms with Crippen LogP contribution in [-0.4, -0.2) is 30.8 Å². The molecule has 3 N–H and O–H groups in total. The van der Waals surface area contributed by atoms with Crippen molar-refractivity contribution in [1.82, 2.24) is 24.7 Å². The molecular weight excluding hydrogens is 387 g/mol. The van der Waals surface area contributed by atoms with Gasteiger partial charge in [-0.15, -0.1) is 0 Å². The molecule has 0 radical (unpaired) electrons. The standard InChI is InChI=1S/C20H17FN8O/c1-29-12-13(9-24-29)18-17(21)11-23-19(28-18)25-14-4-6-15(7-5-14)26-20(30)27-16-3-2-8-22-10-16/h2-12H,1H3,(H,23,25,28)(H2,26,27,30). The summed E-state index contributed by atoms with van der Waals surface area (Å²) in [6.45, 7) is 0. The summed E-state index contributed by atoms with van der Waals surface area (Å²) < 4.78 is 15.7. The topological polar surface area (TPSA) is 110 Å². The molecule has 3 heterocycles. The molecule has 4 aromatic rings. The van der Waals surface area contributed by atoms with Crippen molar-refractivity contribution in [3.8, 4) is 11.3 Å². The maximum atomic E-state index is 14.1. The summed E-state index contributed by atoms with van der Waals surface area (Å²) in [5.41, 5.74) is 2.58. The van der Waals surface area contributed by atoms with Crippen LogP contribution in [0.5, 0.6) is 0 Å². The van der Waals surface area contributed by atoms with Crippen molar-refractivity contribution >= 4 is 29.0 Å². The molecule has 4 rings (SSSR count). The van der Waals surface area contributed by atoms with E-state index in [-0.39, 0.29) is 17.7 Å². The number of pyridine rings is 1. The number of aryl methyl sites for hydroxylation is 1. The van der Waals surface area contributed by atoms with Gasteiger partial charge in [0, 0.05) is 36.4 Å². The van der Waals surface area contributed by atoms with E-state index in [1.165, 1.54) is 6.20 Å². The third-order valence-electron chi connectivity index (χ3n) is 4.04. The lowest BCUT2D eigenvalue weighted by molar-refractivity contribution is 0.262. The van der Waals surface area contributed by atoms with Crippen LogP contribution in [0.2, 0.25) is 0 Å². The minimum atomic E-state index is -0.535. The lowest BCUT2D eigenvalue weighted by Crippen LogP contribution is -2.19. The minimum Gasteiger partial charge on any atom is -0.324 e. The summed E-state index contributed by atoms with van der Waals surface area (Å²) in [5.74, 6) is -0.294. The molecule has 0 atom stereocenters. The Bertz CT molecular complexity index is 1160. The number of carbonyl (C=O) groups excluding carboxylic acids is 1. The van der Waals surface area contributed by atoms with Gasteiger partial charge in [0.2, 0.25) is 5.95 Å². The average Bonchev–Trinajstić information content (AvgIpc) is 3.17. The van der Waals surface area contributed by atoms with Crippen molar-refractivity contribution in [1.29, 1.82) is 0 Å². The fourth-order valence-corrected chi connectivity index (χ4v) is 2.67. The van der Waals surface area contributed by atoms with E-state index in [9.17, 15) is 9.18 Å². The molecule has 0 aliphatic rings. The molecule has 10 heteroatoms. The Hall–Kier alpha value is -4.34. The van der Waals surface area contributed by atoms with Crippen LogP contribution in [0.4, 0.5) is 32.2 Å². The van der Waals surface area contributed by atoms with E-state index in [0.717, 1.165) is 6.20 Å². The molecule has 0 aliphatic carbocycles. The van der Waals surface area contributed by atoms with Crippen molar-refractivity contribution in [2.45, 2.75) is 0 Å². The highest BCUT2D eigenvalue weighted by Gasteiger charge is 2.11. The van der Waals surface area contributed by atoms with Crippen LogP contribution in [0.1, 0.15) is 0 Å². The Morgan fingerprint density at radius 1 is 1.00 bits per heavy atom. The number of nitrogens with one attached hydrogen (secondary N) is 3. The second-order valence-electron chi connectivity index (χ2n) is 6.32. The smallest absolute Gasteiger partial charge is 0.323 e. The highest BCUT2D eigenvalue weighted by Crippen LogP contribution is 2.22. The molecular formula is C20H17FN8O. The second-order valence-corrected chi connectivity index (χ2v) is 6.32. The number of nitrogens with zero attached hydrogens (tertiary/aromatic N) is 5. The first kappa shape index (κ1) is 19.0. The van der Waals surface area contributed by atoms with Crippen LogP contribution < -0.4 is 16.0 Å². The first-order chi connectivity index (χ1) is 14.6. The van der Waals surface area contributed by atoms with Gasteiger partial charge in [0.25, 0.3) is 0 Å². The van der Waals surface area contributed by atoms with E-state index in [1.807, 2.05) is 0 Å². The predicted octanol–water partition coefficient (Wildman–Crippen LogP) is 3.80. The SMILES string of the molecule is Cn1cc(-c2nc(Nc3ccc(NC(=O)Nc4cccnc4)cc3)ncc2F)cn1. The molecule has 0 unspecified atom stereocenters. The van der Waals surface area contributed by atoms with Crippen molar-refractivity contribution in [3.63, 3.8) is 0 Å². The van der Waals surface area contributed by atoms with E-state index < -0.39 is 5.82 Å². The molecule has 0 saturated carbocycles. The minimum absolute atomic E-state index is 0.158. The van der Waals surface area contributed by atoms with Crippen LogP contribution >= 0.6 is 0 Å². The molecule has 0 bridgehead atoms. The monoisotopic (exact) mass is 404 g/mol. The summed E-state index contributed by atoms with van der Waals surface area (Å²) in [5, 5.41) is 12.5. The van der Waals surface area contributed by atoms with Gasteiger partial charge in [0.05, 0.1) is 24.3 Å². The van der Waals surface area contributed by atoms with Crippen LogP contribution in [0.15, 0.2) is 67.4 Å². The van der Waals surface area contributed by atoms with Gasteiger partial charge in [-0.3, -0.25) is 9.67 Å². The number of rotatable bonds is 5. The summed E-state index contributed by atoms with van der Waals surface area (Å²) in [7, 11) is 1.74.